The summed E-state index contributed by atoms with van der Waals surface area (Å²) in [7, 11) is 0. The molecule has 0 radical (unpaired) electrons. The van der Waals surface area contributed by atoms with Crippen molar-refractivity contribution in [3.05, 3.63) is 48.8 Å². The highest BCUT2D eigenvalue weighted by atomic mass is 16.5. The first-order chi connectivity index (χ1) is 12.2. The number of aliphatic carboxylic acids is 1. The van der Waals surface area contributed by atoms with Crippen LogP contribution in [0.5, 0.6) is 0 Å². The summed E-state index contributed by atoms with van der Waals surface area (Å²) in [5, 5.41) is 17.9. The van der Waals surface area contributed by atoms with Gasteiger partial charge >= 0.3 is 12.0 Å². The van der Waals surface area contributed by atoms with E-state index in [2.05, 4.69) is 15.2 Å². The van der Waals surface area contributed by atoms with Crippen LogP contribution >= 0.6 is 0 Å². The number of carboxylic acid groups (broad SMARTS) is 1. The number of nitrogens with zero attached hydrogens (tertiary/aromatic N) is 5. The second kappa shape index (κ2) is 6.04. The molecule has 1 aliphatic heterocycles. The molecule has 0 saturated carbocycles. The van der Waals surface area contributed by atoms with Gasteiger partial charge in [-0.2, -0.15) is 10.1 Å². The van der Waals surface area contributed by atoms with Gasteiger partial charge in [0.2, 0.25) is 5.82 Å². The fraction of sp³-hybridized carbons (Fsp3) is 0.294. The predicted octanol–water partition coefficient (Wildman–Crippen LogP) is 2.01. The van der Waals surface area contributed by atoms with Gasteiger partial charge in [-0.05, 0) is 6.07 Å². The molecule has 0 spiro atoms. The van der Waals surface area contributed by atoms with Gasteiger partial charge < -0.3 is 14.5 Å². The van der Waals surface area contributed by atoms with Crippen LogP contribution in [0.3, 0.4) is 0 Å². The van der Waals surface area contributed by atoms with Gasteiger partial charge in [0.25, 0.3) is 0 Å². The van der Waals surface area contributed by atoms with E-state index in [1.54, 1.807) is 18.5 Å². The molecule has 3 aromatic rings. The lowest BCUT2D eigenvalue weighted by Crippen LogP contribution is -2.51. The molecule has 1 aliphatic rings. The third-order valence-corrected chi connectivity index (χ3v) is 4.65. The standard InChI is InChI=1S/C17H17N5O3/c23-15(24)17(22-10-4-9-18-22)7-11-21(12-8-17)16-19-14(20-25-16)13-5-2-1-3-6-13/h1-6,9-10H,7-8,11-12H2,(H,23,24). The summed E-state index contributed by atoms with van der Waals surface area (Å²) in [5.74, 6) is -0.343. The Kier molecular flexibility index (Phi) is 3.72. The normalized spacial score (nSPS) is 16.7. The molecule has 0 unspecified atom stereocenters. The summed E-state index contributed by atoms with van der Waals surface area (Å²) in [4.78, 5) is 18.2. The summed E-state index contributed by atoms with van der Waals surface area (Å²) in [6.07, 6.45) is 4.12. The van der Waals surface area contributed by atoms with E-state index in [1.165, 1.54) is 4.68 Å². The van der Waals surface area contributed by atoms with Crippen molar-refractivity contribution in [2.45, 2.75) is 18.4 Å². The van der Waals surface area contributed by atoms with E-state index in [0.29, 0.717) is 37.8 Å². The number of rotatable bonds is 4. The Labute approximate surface area is 143 Å². The number of hydrogen-bond acceptors (Lipinski definition) is 6. The lowest BCUT2D eigenvalue weighted by molar-refractivity contribution is -0.149. The van der Waals surface area contributed by atoms with Crippen molar-refractivity contribution < 1.29 is 14.4 Å². The quantitative estimate of drug-likeness (QED) is 0.776. The van der Waals surface area contributed by atoms with Crippen LogP contribution in [0.2, 0.25) is 0 Å². The lowest BCUT2D eigenvalue weighted by atomic mass is 9.88. The zero-order valence-corrected chi connectivity index (χ0v) is 13.4. The summed E-state index contributed by atoms with van der Waals surface area (Å²) >= 11 is 0. The van der Waals surface area contributed by atoms with Gasteiger partial charge in [-0.25, -0.2) is 4.79 Å². The molecule has 0 atom stereocenters. The van der Waals surface area contributed by atoms with Crippen molar-refractivity contribution in [1.82, 2.24) is 19.9 Å². The molecule has 1 aromatic carbocycles. The van der Waals surface area contributed by atoms with Crippen molar-refractivity contribution in [3.8, 4) is 11.4 Å². The van der Waals surface area contributed by atoms with E-state index in [0.717, 1.165) is 5.56 Å². The first kappa shape index (κ1) is 15.4. The molecule has 0 aliphatic carbocycles. The van der Waals surface area contributed by atoms with E-state index in [4.69, 9.17) is 4.52 Å². The maximum Gasteiger partial charge on any atom is 0.331 e. The van der Waals surface area contributed by atoms with Crippen LogP contribution in [0.1, 0.15) is 12.8 Å². The zero-order chi connectivity index (χ0) is 17.3. The molecule has 1 fully saturated rings. The van der Waals surface area contributed by atoms with Gasteiger partial charge in [0, 0.05) is 43.9 Å². The molecule has 1 N–H and O–H groups in total. The van der Waals surface area contributed by atoms with Gasteiger partial charge in [-0.3, -0.25) is 4.68 Å². The van der Waals surface area contributed by atoms with E-state index < -0.39 is 11.5 Å². The average Bonchev–Trinajstić information content (AvgIpc) is 3.35. The molecule has 3 heterocycles. The van der Waals surface area contributed by atoms with Crippen molar-refractivity contribution in [2.24, 2.45) is 0 Å². The predicted molar refractivity (Wildman–Crippen MR) is 89.0 cm³/mol. The molecule has 8 heteroatoms. The van der Waals surface area contributed by atoms with Crippen LogP contribution in [0.15, 0.2) is 53.3 Å². The highest BCUT2D eigenvalue weighted by Crippen LogP contribution is 2.32. The third kappa shape index (κ3) is 2.65. The SMILES string of the molecule is O=C(O)C1(n2cccn2)CCN(c2nc(-c3ccccc3)no2)CC1. The van der Waals surface area contributed by atoms with Gasteiger partial charge in [-0.15, -0.1) is 0 Å². The number of anilines is 1. The molecule has 128 valence electrons. The Hall–Kier alpha value is -3.16. The van der Waals surface area contributed by atoms with Crippen LogP contribution in [-0.4, -0.2) is 44.1 Å². The number of piperidine rings is 1. The number of hydrogen-bond donors (Lipinski definition) is 1. The monoisotopic (exact) mass is 339 g/mol. The first-order valence-corrected chi connectivity index (χ1v) is 8.07. The van der Waals surface area contributed by atoms with Crippen molar-refractivity contribution >= 4 is 12.0 Å². The van der Waals surface area contributed by atoms with E-state index >= 15 is 0 Å². The Bertz CT molecular complexity index is 852. The van der Waals surface area contributed by atoms with Crippen molar-refractivity contribution in [3.63, 3.8) is 0 Å². The molecular formula is C17H17N5O3. The summed E-state index contributed by atoms with van der Waals surface area (Å²) in [6.45, 7) is 1.01. The number of carbonyl (C=O) groups is 1. The van der Waals surface area contributed by atoms with E-state index in [1.807, 2.05) is 35.2 Å². The van der Waals surface area contributed by atoms with Crippen molar-refractivity contribution in [2.75, 3.05) is 18.0 Å². The summed E-state index contributed by atoms with van der Waals surface area (Å²) in [5.41, 5.74) is -0.145. The largest absolute Gasteiger partial charge is 0.479 e. The van der Waals surface area contributed by atoms with Crippen LogP contribution in [-0.2, 0) is 10.3 Å². The van der Waals surface area contributed by atoms with Gasteiger partial charge in [0.05, 0.1) is 0 Å². The maximum absolute atomic E-state index is 11.9. The van der Waals surface area contributed by atoms with Crippen LogP contribution in [0.4, 0.5) is 6.01 Å². The minimum Gasteiger partial charge on any atom is -0.479 e. The second-order valence-electron chi connectivity index (χ2n) is 6.04. The average molecular weight is 339 g/mol. The molecule has 25 heavy (non-hydrogen) atoms. The van der Waals surface area contributed by atoms with E-state index in [-0.39, 0.29) is 0 Å². The Morgan fingerprint density at radius 2 is 1.92 bits per heavy atom. The number of aromatic nitrogens is 4. The van der Waals surface area contributed by atoms with Gasteiger partial charge in [-0.1, -0.05) is 35.5 Å². The Morgan fingerprint density at radius 1 is 1.16 bits per heavy atom. The number of carboxylic acids is 1. The molecule has 2 aromatic heterocycles. The topological polar surface area (TPSA) is 97.3 Å². The lowest BCUT2D eigenvalue weighted by Gasteiger charge is -2.38. The first-order valence-electron chi connectivity index (χ1n) is 8.07. The maximum atomic E-state index is 11.9. The smallest absolute Gasteiger partial charge is 0.331 e. The summed E-state index contributed by atoms with van der Waals surface area (Å²) < 4.78 is 6.91. The van der Waals surface area contributed by atoms with Gasteiger partial charge in [0.1, 0.15) is 0 Å². The minimum atomic E-state index is -1.03. The molecule has 8 nitrogen and oxygen atoms in total. The Morgan fingerprint density at radius 3 is 2.56 bits per heavy atom. The highest BCUT2D eigenvalue weighted by Gasteiger charge is 2.44. The fourth-order valence-corrected chi connectivity index (χ4v) is 3.18. The molecule has 0 bridgehead atoms. The molecule has 1 saturated heterocycles. The second-order valence-corrected chi connectivity index (χ2v) is 6.04. The summed E-state index contributed by atoms with van der Waals surface area (Å²) in [6, 6.07) is 11.7. The highest BCUT2D eigenvalue weighted by molar-refractivity contribution is 5.77. The third-order valence-electron chi connectivity index (χ3n) is 4.65. The van der Waals surface area contributed by atoms with Gasteiger partial charge in [0.15, 0.2) is 5.54 Å². The van der Waals surface area contributed by atoms with Crippen LogP contribution < -0.4 is 4.90 Å². The minimum absolute atomic E-state index is 0.410. The molecular weight excluding hydrogens is 322 g/mol. The Balaban J connectivity index is 1.52. The molecule has 0 amide bonds. The molecule has 4 rings (SSSR count). The zero-order valence-electron chi connectivity index (χ0n) is 13.4. The van der Waals surface area contributed by atoms with Crippen LogP contribution in [0.25, 0.3) is 11.4 Å². The number of benzene rings is 1. The van der Waals surface area contributed by atoms with E-state index in [9.17, 15) is 9.90 Å². The van der Waals surface area contributed by atoms with Crippen LogP contribution in [0, 0.1) is 0 Å². The fourth-order valence-electron chi connectivity index (χ4n) is 3.18. The van der Waals surface area contributed by atoms with Crippen molar-refractivity contribution in [1.29, 1.82) is 0 Å².